The van der Waals surface area contributed by atoms with Crippen LogP contribution in [0.4, 0.5) is 0 Å². The molecule has 27 heavy (non-hydrogen) atoms. The third kappa shape index (κ3) is 4.41. The van der Waals surface area contributed by atoms with Crippen LogP contribution in [-0.4, -0.2) is 11.9 Å². The van der Waals surface area contributed by atoms with Gasteiger partial charge < -0.3 is 13.9 Å². The molecule has 0 atom stereocenters. The zero-order valence-corrected chi connectivity index (χ0v) is 14.4. The summed E-state index contributed by atoms with van der Waals surface area (Å²) in [5.74, 6) is 0.948. The van der Waals surface area contributed by atoms with E-state index in [4.69, 9.17) is 13.9 Å². The number of rotatable bonds is 6. The molecule has 0 saturated carbocycles. The Kier molecular flexibility index (Phi) is 5.33. The van der Waals surface area contributed by atoms with Crippen molar-refractivity contribution in [1.82, 2.24) is 0 Å². The fraction of sp³-hybridized carbons (Fsp3) is 0. The third-order valence-corrected chi connectivity index (χ3v) is 3.61. The molecule has 0 aliphatic rings. The highest BCUT2D eigenvalue weighted by molar-refractivity contribution is 5.84. The fourth-order valence-corrected chi connectivity index (χ4v) is 2.39. The lowest BCUT2D eigenvalue weighted by Crippen LogP contribution is -2.02. The second kappa shape index (κ2) is 8.01. The number of carbonyl (C=O) groups excluding carboxylic acids is 2. The van der Waals surface area contributed by atoms with Crippen molar-refractivity contribution in [2.45, 2.75) is 0 Å². The van der Waals surface area contributed by atoms with Crippen LogP contribution in [0.1, 0.15) is 0 Å². The van der Waals surface area contributed by atoms with Gasteiger partial charge in [-0.05, 0) is 36.4 Å². The van der Waals surface area contributed by atoms with Crippen molar-refractivity contribution in [2.24, 2.45) is 0 Å². The van der Waals surface area contributed by atoms with Gasteiger partial charge >= 0.3 is 11.9 Å². The molecule has 3 aromatic rings. The first kappa shape index (κ1) is 17.9. The van der Waals surface area contributed by atoms with Gasteiger partial charge in [-0.3, -0.25) is 0 Å². The van der Waals surface area contributed by atoms with Gasteiger partial charge in [0, 0.05) is 23.3 Å². The molecular formula is C22H16O5. The molecule has 2 aromatic carbocycles. The van der Waals surface area contributed by atoms with Crippen LogP contribution < -0.4 is 9.47 Å². The number of hydrogen-bond donors (Lipinski definition) is 0. The lowest BCUT2D eigenvalue weighted by atomic mass is 10.1. The van der Waals surface area contributed by atoms with E-state index in [9.17, 15) is 9.59 Å². The molecule has 5 heteroatoms. The predicted octanol–water partition coefficient (Wildman–Crippen LogP) is 4.80. The van der Waals surface area contributed by atoms with Gasteiger partial charge in [-0.2, -0.15) is 0 Å². The second-order valence-electron chi connectivity index (χ2n) is 5.47. The minimum absolute atomic E-state index is 0.397. The van der Waals surface area contributed by atoms with E-state index in [1.54, 1.807) is 36.4 Å². The zero-order chi connectivity index (χ0) is 19.2. The Labute approximate surface area is 156 Å². The second-order valence-corrected chi connectivity index (χ2v) is 5.47. The van der Waals surface area contributed by atoms with Crippen LogP contribution in [0.25, 0.3) is 22.6 Å². The SMILES string of the molecule is C=CC(=O)Oc1cccc(-c2ccc(-c3cccc(OC(=O)C=C)c3)o2)c1. The van der Waals surface area contributed by atoms with Crippen molar-refractivity contribution in [2.75, 3.05) is 0 Å². The summed E-state index contributed by atoms with van der Waals surface area (Å²) in [4.78, 5) is 22.7. The lowest BCUT2D eigenvalue weighted by molar-refractivity contribution is -0.129. The topological polar surface area (TPSA) is 65.7 Å². The minimum Gasteiger partial charge on any atom is -0.456 e. The van der Waals surface area contributed by atoms with Crippen molar-refractivity contribution < 1.29 is 23.5 Å². The molecule has 134 valence electrons. The molecule has 0 unspecified atom stereocenters. The van der Waals surface area contributed by atoms with Gasteiger partial charge in [-0.15, -0.1) is 0 Å². The molecule has 1 heterocycles. The summed E-state index contributed by atoms with van der Waals surface area (Å²) >= 11 is 0. The third-order valence-electron chi connectivity index (χ3n) is 3.61. The highest BCUT2D eigenvalue weighted by atomic mass is 16.5. The largest absolute Gasteiger partial charge is 0.456 e. The maximum atomic E-state index is 11.3. The van der Waals surface area contributed by atoms with Gasteiger partial charge in [0.1, 0.15) is 23.0 Å². The summed E-state index contributed by atoms with van der Waals surface area (Å²) in [7, 11) is 0. The summed E-state index contributed by atoms with van der Waals surface area (Å²) in [5.41, 5.74) is 1.51. The molecule has 0 aliphatic heterocycles. The van der Waals surface area contributed by atoms with Gasteiger partial charge in [0.2, 0.25) is 0 Å². The van der Waals surface area contributed by atoms with Crippen molar-refractivity contribution in [1.29, 1.82) is 0 Å². The Morgan fingerprint density at radius 3 is 1.59 bits per heavy atom. The van der Waals surface area contributed by atoms with E-state index in [0.717, 1.165) is 23.3 Å². The normalized spacial score (nSPS) is 10.1. The first-order chi connectivity index (χ1) is 13.1. The molecule has 3 rings (SSSR count). The average molecular weight is 360 g/mol. The minimum atomic E-state index is -0.529. The molecule has 0 amide bonds. The Bertz CT molecular complexity index is 933. The number of benzene rings is 2. The molecule has 0 spiro atoms. The average Bonchev–Trinajstić information content (AvgIpc) is 3.18. The van der Waals surface area contributed by atoms with E-state index in [2.05, 4.69) is 13.2 Å². The van der Waals surface area contributed by atoms with E-state index < -0.39 is 11.9 Å². The summed E-state index contributed by atoms with van der Waals surface area (Å²) < 4.78 is 16.2. The van der Waals surface area contributed by atoms with Crippen LogP contribution in [0.5, 0.6) is 11.5 Å². The maximum Gasteiger partial charge on any atom is 0.335 e. The van der Waals surface area contributed by atoms with Gasteiger partial charge in [0.25, 0.3) is 0 Å². The number of ether oxygens (including phenoxy) is 2. The van der Waals surface area contributed by atoms with E-state index >= 15 is 0 Å². The maximum absolute atomic E-state index is 11.3. The van der Waals surface area contributed by atoms with Crippen molar-refractivity contribution in [3.8, 4) is 34.1 Å². The summed E-state index contributed by atoms with van der Waals surface area (Å²) in [6, 6.07) is 17.6. The Morgan fingerprint density at radius 2 is 1.19 bits per heavy atom. The summed E-state index contributed by atoms with van der Waals surface area (Å²) in [5, 5.41) is 0. The van der Waals surface area contributed by atoms with Crippen LogP contribution in [0.2, 0.25) is 0 Å². The summed E-state index contributed by atoms with van der Waals surface area (Å²) in [6.45, 7) is 6.75. The van der Waals surface area contributed by atoms with Crippen LogP contribution in [0.3, 0.4) is 0 Å². The molecule has 0 bridgehead atoms. The fourth-order valence-electron chi connectivity index (χ4n) is 2.39. The first-order valence-corrected chi connectivity index (χ1v) is 8.08. The standard InChI is InChI=1S/C22H16O5/c1-3-21(23)25-17-9-5-7-15(13-17)19-11-12-20(27-19)16-8-6-10-18(14-16)26-22(24)4-2/h3-14H,1-2H2. The highest BCUT2D eigenvalue weighted by Gasteiger charge is 2.10. The van der Waals surface area contributed by atoms with E-state index in [-0.39, 0.29) is 0 Å². The Morgan fingerprint density at radius 1 is 0.741 bits per heavy atom. The monoisotopic (exact) mass is 360 g/mol. The molecule has 0 fully saturated rings. The molecular weight excluding hydrogens is 344 g/mol. The van der Waals surface area contributed by atoms with Gasteiger partial charge in [0.05, 0.1) is 0 Å². The molecule has 5 nitrogen and oxygen atoms in total. The van der Waals surface area contributed by atoms with Gasteiger partial charge in [-0.1, -0.05) is 37.4 Å². The Balaban J connectivity index is 1.85. The van der Waals surface area contributed by atoms with Crippen molar-refractivity contribution in [3.05, 3.63) is 86.0 Å². The lowest BCUT2D eigenvalue weighted by Gasteiger charge is -2.04. The van der Waals surface area contributed by atoms with Crippen molar-refractivity contribution >= 4 is 11.9 Å². The van der Waals surface area contributed by atoms with Crippen LogP contribution >= 0.6 is 0 Å². The highest BCUT2D eigenvalue weighted by Crippen LogP contribution is 2.31. The number of esters is 2. The number of furan rings is 1. The number of carbonyl (C=O) groups is 2. The summed E-state index contributed by atoms with van der Waals surface area (Å²) in [6.07, 6.45) is 2.20. The van der Waals surface area contributed by atoms with E-state index in [1.807, 2.05) is 24.3 Å². The van der Waals surface area contributed by atoms with Crippen LogP contribution in [0.15, 0.2) is 90.4 Å². The van der Waals surface area contributed by atoms with Gasteiger partial charge in [0.15, 0.2) is 0 Å². The van der Waals surface area contributed by atoms with Crippen LogP contribution in [-0.2, 0) is 9.59 Å². The molecule has 1 aromatic heterocycles. The van der Waals surface area contributed by atoms with Crippen molar-refractivity contribution in [3.63, 3.8) is 0 Å². The Hall–Kier alpha value is -3.86. The quantitative estimate of drug-likeness (QED) is 0.359. The van der Waals surface area contributed by atoms with E-state index in [0.29, 0.717) is 23.0 Å². The molecule has 0 aliphatic carbocycles. The molecule has 0 saturated heterocycles. The molecule has 0 radical (unpaired) electrons. The van der Waals surface area contributed by atoms with Crippen LogP contribution in [0, 0.1) is 0 Å². The van der Waals surface area contributed by atoms with E-state index in [1.165, 1.54) is 0 Å². The number of hydrogen-bond acceptors (Lipinski definition) is 5. The smallest absolute Gasteiger partial charge is 0.335 e. The van der Waals surface area contributed by atoms with Gasteiger partial charge in [-0.25, -0.2) is 9.59 Å². The first-order valence-electron chi connectivity index (χ1n) is 8.08. The zero-order valence-electron chi connectivity index (χ0n) is 14.4. The molecule has 0 N–H and O–H groups in total. The predicted molar refractivity (Wildman–Crippen MR) is 101 cm³/mol.